The molecule has 7 heteroatoms. The Balaban J connectivity index is 1.82. The van der Waals surface area contributed by atoms with Crippen molar-refractivity contribution in [1.29, 1.82) is 0 Å². The first-order valence-corrected chi connectivity index (χ1v) is 9.90. The van der Waals surface area contributed by atoms with Gasteiger partial charge in [-0.1, -0.05) is 15.9 Å². The number of sulfone groups is 1. The fourth-order valence-corrected chi connectivity index (χ4v) is 5.70. The maximum Gasteiger partial charge on any atom is 0.234 e. The van der Waals surface area contributed by atoms with Crippen LogP contribution < -0.4 is 5.32 Å². The molecule has 2 rings (SSSR count). The molecule has 1 aliphatic rings. The van der Waals surface area contributed by atoms with Crippen LogP contribution in [0, 0.1) is 6.92 Å². The first kappa shape index (κ1) is 15.9. The van der Waals surface area contributed by atoms with Crippen molar-refractivity contribution in [2.75, 3.05) is 22.6 Å². The van der Waals surface area contributed by atoms with Crippen molar-refractivity contribution in [2.45, 2.75) is 18.6 Å². The Bertz CT molecular complexity index is 616. The lowest BCUT2D eigenvalue weighted by Gasteiger charge is -2.09. The highest BCUT2D eigenvalue weighted by molar-refractivity contribution is 9.10. The quantitative estimate of drug-likeness (QED) is 0.875. The topological polar surface area (TPSA) is 63.2 Å². The van der Waals surface area contributed by atoms with Gasteiger partial charge >= 0.3 is 0 Å². The number of hydrogen-bond donors (Lipinski definition) is 1. The third kappa shape index (κ3) is 4.49. The van der Waals surface area contributed by atoms with Gasteiger partial charge in [-0.3, -0.25) is 4.79 Å². The summed E-state index contributed by atoms with van der Waals surface area (Å²) in [5.41, 5.74) is 1.81. The lowest BCUT2D eigenvalue weighted by Crippen LogP contribution is -2.17. The number of carbonyl (C=O) groups excluding carboxylic acids is 1. The summed E-state index contributed by atoms with van der Waals surface area (Å²) in [4.78, 5) is 11.8. The summed E-state index contributed by atoms with van der Waals surface area (Å²) in [6, 6.07) is 5.62. The second-order valence-corrected chi connectivity index (χ2v) is 9.22. The molecule has 1 atom stereocenters. The Labute approximate surface area is 131 Å². The number of halogens is 1. The van der Waals surface area contributed by atoms with Gasteiger partial charge in [-0.05, 0) is 37.1 Å². The Morgan fingerprint density at radius 1 is 1.50 bits per heavy atom. The molecule has 1 aromatic carbocycles. The summed E-state index contributed by atoms with van der Waals surface area (Å²) < 4.78 is 23.7. The number of rotatable bonds is 4. The van der Waals surface area contributed by atoms with Crippen LogP contribution in [0.25, 0.3) is 0 Å². The molecule has 1 saturated heterocycles. The van der Waals surface area contributed by atoms with Gasteiger partial charge in [0.05, 0.1) is 17.3 Å². The molecule has 1 unspecified atom stereocenters. The second kappa shape index (κ2) is 6.49. The van der Waals surface area contributed by atoms with E-state index in [9.17, 15) is 13.2 Å². The summed E-state index contributed by atoms with van der Waals surface area (Å²) in [5, 5.41) is 2.88. The highest BCUT2D eigenvalue weighted by Gasteiger charge is 2.28. The zero-order valence-corrected chi connectivity index (χ0v) is 14.3. The Morgan fingerprint density at radius 2 is 2.25 bits per heavy atom. The number of benzene rings is 1. The van der Waals surface area contributed by atoms with Crippen LogP contribution in [0.15, 0.2) is 22.7 Å². The molecular formula is C13H16BrNO3S2. The number of aryl methyl sites for hydroxylation is 1. The van der Waals surface area contributed by atoms with Gasteiger partial charge in [0.2, 0.25) is 5.91 Å². The van der Waals surface area contributed by atoms with Gasteiger partial charge in [-0.25, -0.2) is 8.42 Å². The molecule has 1 heterocycles. The summed E-state index contributed by atoms with van der Waals surface area (Å²) in [7, 11) is -2.87. The number of anilines is 1. The minimum absolute atomic E-state index is 0.0532. The maximum atomic E-state index is 11.8. The average Bonchev–Trinajstić information content (AvgIpc) is 2.71. The summed E-state index contributed by atoms with van der Waals surface area (Å²) in [5.74, 6) is 0.636. The third-order valence-electron chi connectivity index (χ3n) is 3.08. The molecule has 1 fully saturated rings. The molecule has 0 bridgehead atoms. The van der Waals surface area contributed by atoms with E-state index in [2.05, 4.69) is 21.2 Å². The van der Waals surface area contributed by atoms with Gasteiger partial charge in [0.15, 0.2) is 9.84 Å². The molecule has 1 aliphatic heterocycles. The summed E-state index contributed by atoms with van der Waals surface area (Å²) in [6.45, 7) is 1.96. The smallest absolute Gasteiger partial charge is 0.234 e. The third-order valence-corrected chi connectivity index (χ3v) is 7.25. The van der Waals surface area contributed by atoms with Crippen LogP contribution >= 0.6 is 27.7 Å². The van der Waals surface area contributed by atoms with Gasteiger partial charge in [-0.2, -0.15) is 0 Å². The van der Waals surface area contributed by atoms with Crippen LogP contribution in [0.3, 0.4) is 0 Å². The molecule has 1 N–H and O–H groups in total. The molecule has 0 aliphatic carbocycles. The van der Waals surface area contributed by atoms with Crippen molar-refractivity contribution in [1.82, 2.24) is 0 Å². The van der Waals surface area contributed by atoms with Crippen LogP contribution in [0.4, 0.5) is 5.69 Å². The minimum atomic E-state index is -2.87. The van der Waals surface area contributed by atoms with E-state index in [1.807, 2.05) is 25.1 Å². The van der Waals surface area contributed by atoms with Crippen molar-refractivity contribution in [3.8, 4) is 0 Å². The first-order chi connectivity index (χ1) is 9.35. The first-order valence-electron chi connectivity index (χ1n) is 6.24. The van der Waals surface area contributed by atoms with Crippen molar-refractivity contribution in [3.05, 3.63) is 28.2 Å². The normalized spacial score (nSPS) is 20.8. The van der Waals surface area contributed by atoms with Gasteiger partial charge in [0.25, 0.3) is 0 Å². The summed E-state index contributed by atoms with van der Waals surface area (Å²) >= 11 is 4.83. The molecule has 0 radical (unpaired) electrons. The van der Waals surface area contributed by atoms with E-state index >= 15 is 0 Å². The minimum Gasteiger partial charge on any atom is -0.325 e. The molecule has 0 spiro atoms. The zero-order chi connectivity index (χ0) is 14.8. The molecule has 1 aromatic rings. The van der Waals surface area contributed by atoms with Gasteiger partial charge in [-0.15, -0.1) is 11.8 Å². The van der Waals surface area contributed by atoms with E-state index in [4.69, 9.17) is 0 Å². The fourth-order valence-electron chi connectivity index (χ4n) is 2.01. The highest BCUT2D eigenvalue weighted by Crippen LogP contribution is 2.25. The number of nitrogens with one attached hydrogen (secondary N) is 1. The molecule has 110 valence electrons. The predicted molar refractivity (Wildman–Crippen MR) is 87.0 cm³/mol. The zero-order valence-electron chi connectivity index (χ0n) is 11.1. The van der Waals surface area contributed by atoms with Crippen molar-refractivity contribution in [2.24, 2.45) is 0 Å². The SMILES string of the molecule is Cc1cc(NC(=O)CSC2CCS(=O)(=O)C2)ccc1Br. The number of hydrogen-bond acceptors (Lipinski definition) is 4. The largest absolute Gasteiger partial charge is 0.325 e. The molecule has 20 heavy (non-hydrogen) atoms. The molecule has 0 aromatic heterocycles. The standard InChI is InChI=1S/C13H16BrNO3S2/c1-9-6-10(2-3-12(9)14)15-13(16)7-19-11-4-5-20(17,18)8-11/h2-3,6,11H,4-5,7-8H2,1H3,(H,15,16). The number of thioether (sulfide) groups is 1. The molecule has 4 nitrogen and oxygen atoms in total. The Morgan fingerprint density at radius 3 is 2.85 bits per heavy atom. The molecule has 0 saturated carbocycles. The Kier molecular flexibility index (Phi) is 5.14. The van der Waals surface area contributed by atoms with Crippen LogP contribution in [0.5, 0.6) is 0 Å². The Hall–Kier alpha value is -0.530. The van der Waals surface area contributed by atoms with Crippen LogP contribution in [-0.4, -0.2) is 36.8 Å². The second-order valence-electron chi connectivity index (χ2n) is 4.85. The van der Waals surface area contributed by atoms with Crippen LogP contribution in [0.1, 0.15) is 12.0 Å². The van der Waals surface area contributed by atoms with Gasteiger partial charge in [0.1, 0.15) is 0 Å². The van der Waals surface area contributed by atoms with E-state index in [1.165, 1.54) is 11.8 Å². The van der Waals surface area contributed by atoms with E-state index in [0.717, 1.165) is 15.7 Å². The van der Waals surface area contributed by atoms with E-state index in [-0.39, 0.29) is 28.4 Å². The average molecular weight is 378 g/mol. The van der Waals surface area contributed by atoms with Crippen molar-refractivity contribution >= 4 is 49.1 Å². The lowest BCUT2D eigenvalue weighted by molar-refractivity contribution is -0.113. The van der Waals surface area contributed by atoms with E-state index in [1.54, 1.807) is 0 Å². The lowest BCUT2D eigenvalue weighted by atomic mass is 10.2. The van der Waals surface area contributed by atoms with Crippen molar-refractivity contribution in [3.63, 3.8) is 0 Å². The monoisotopic (exact) mass is 377 g/mol. The predicted octanol–water partition coefficient (Wildman–Crippen LogP) is 2.62. The fraction of sp³-hybridized carbons (Fsp3) is 0.462. The molecular weight excluding hydrogens is 362 g/mol. The maximum absolute atomic E-state index is 11.8. The van der Waals surface area contributed by atoms with Crippen LogP contribution in [-0.2, 0) is 14.6 Å². The van der Waals surface area contributed by atoms with Gasteiger partial charge in [0, 0.05) is 15.4 Å². The number of amides is 1. The number of carbonyl (C=O) groups is 1. The summed E-state index contributed by atoms with van der Waals surface area (Å²) in [6.07, 6.45) is 0.650. The molecule has 1 amide bonds. The van der Waals surface area contributed by atoms with Gasteiger partial charge < -0.3 is 5.32 Å². The van der Waals surface area contributed by atoms with Crippen LogP contribution in [0.2, 0.25) is 0 Å². The van der Waals surface area contributed by atoms with E-state index < -0.39 is 9.84 Å². The van der Waals surface area contributed by atoms with E-state index in [0.29, 0.717) is 6.42 Å². The highest BCUT2D eigenvalue weighted by atomic mass is 79.9. The van der Waals surface area contributed by atoms with Crippen molar-refractivity contribution < 1.29 is 13.2 Å².